The molecule has 0 bridgehead atoms. The fourth-order valence-electron chi connectivity index (χ4n) is 1.42. The lowest BCUT2D eigenvalue weighted by Gasteiger charge is -2.20. The van der Waals surface area contributed by atoms with Gasteiger partial charge in [-0.3, -0.25) is 14.9 Å². The van der Waals surface area contributed by atoms with Crippen molar-refractivity contribution in [2.45, 2.75) is 25.9 Å². The Morgan fingerprint density at radius 2 is 2.05 bits per heavy atom. The molecule has 0 saturated carbocycles. The van der Waals surface area contributed by atoms with Gasteiger partial charge in [0.25, 0.3) is 0 Å². The molecule has 0 aromatic heterocycles. The van der Waals surface area contributed by atoms with E-state index in [1.165, 1.54) is 13.8 Å². The highest BCUT2D eigenvalue weighted by molar-refractivity contribution is 5.81. The standard InChI is InChI=1S/C14H20N2O4/c1-14(2,13(18)19)16-9-12(17)15-8-10-5-4-6-11(7-10)20-3/h4-7,16H,8-9H2,1-3H3,(H,15,17)(H,18,19). The van der Waals surface area contributed by atoms with E-state index in [0.29, 0.717) is 6.54 Å². The molecule has 0 saturated heterocycles. The Morgan fingerprint density at radius 1 is 1.35 bits per heavy atom. The zero-order valence-corrected chi connectivity index (χ0v) is 11.9. The Kier molecular flexibility index (Phi) is 5.52. The molecule has 110 valence electrons. The summed E-state index contributed by atoms with van der Waals surface area (Å²) in [4.78, 5) is 22.5. The van der Waals surface area contributed by atoms with Crippen molar-refractivity contribution in [2.24, 2.45) is 0 Å². The van der Waals surface area contributed by atoms with Gasteiger partial charge in [0.05, 0.1) is 13.7 Å². The number of aliphatic carboxylic acids is 1. The van der Waals surface area contributed by atoms with Crippen LogP contribution in [0.4, 0.5) is 0 Å². The number of amides is 1. The van der Waals surface area contributed by atoms with Gasteiger partial charge in [-0.25, -0.2) is 0 Å². The monoisotopic (exact) mass is 280 g/mol. The summed E-state index contributed by atoms with van der Waals surface area (Å²) < 4.78 is 5.09. The summed E-state index contributed by atoms with van der Waals surface area (Å²) in [6, 6.07) is 7.36. The molecule has 0 aliphatic carbocycles. The molecule has 0 aliphatic heterocycles. The van der Waals surface area contributed by atoms with Gasteiger partial charge in [0, 0.05) is 6.54 Å². The molecule has 6 heteroatoms. The maximum absolute atomic E-state index is 11.6. The molecule has 0 fully saturated rings. The molecule has 0 atom stereocenters. The average molecular weight is 280 g/mol. The van der Waals surface area contributed by atoms with Crippen LogP contribution in [0.3, 0.4) is 0 Å². The third-order valence-corrected chi connectivity index (χ3v) is 2.85. The van der Waals surface area contributed by atoms with Gasteiger partial charge in [-0.1, -0.05) is 12.1 Å². The number of nitrogens with one attached hydrogen (secondary N) is 2. The number of carboxylic acid groups (broad SMARTS) is 1. The lowest BCUT2D eigenvalue weighted by molar-refractivity contribution is -0.143. The Labute approximate surface area is 118 Å². The van der Waals surface area contributed by atoms with E-state index in [9.17, 15) is 9.59 Å². The minimum absolute atomic E-state index is 0.0523. The van der Waals surface area contributed by atoms with Crippen molar-refractivity contribution in [3.05, 3.63) is 29.8 Å². The van der Waals surface area contributed by atoms with E-state index >= 15 is 0 Å². The Morgan fingerprint density at radius 3 is 2.65 bits per heavy atom. The highest BCUT2D eigenvalue weighted by atomic mass is 16.5. The molecular formula is C14H20N2O4. The molecule has 0 heterocycles. The number of benzene rings is 1. The van der Waals surface area contributed by atoms with Crippen molar-refractivity contribution in [3.8, 4) is 5.75 Å². The van der Waals surface area contributed by atoms with Gasteiger partial charge in [0.2, 0.25) is 5.91 Å². The zero-order valence-electron chi connectivity index (χ0n) is 11.9. The van der Waals surface area contributed by atoms with Crippen molar-refractivity contribution in [3.63, 3.8) is 0 Å². The van der Waals surface area contributed by atoms with Gasteiger partial charge in [0.15, 0.2) is 0 Å². The van der Waals surface area contributed by atoms with Crippen molar-refractivity contribution in [1.82, 2.24) is 10.6 Å². The predicted molar refractivity (Wildman–Crippen MR) is 74.6 cm³/mol. The lowest BCUT2D eigenvalue weighted by Crippen LogP contribution is -2.50. The molecular weight excluding hydrogens is 260 g/mol. The van der Waals surface area contributed by atoms with Crippen molar-refractivity contribution in [1.29, 1.82) is 0 Å². The summed E-state index contributed by atoms with van der Waals surface area (Å²) >= 11 is 0. The van der Waals surface area contributed by atoms with Crippen LogP contribution in [0.25, 0.3) is 0 Å². The molecule has 20 heavy (non-hydrogen) atoms. The summed E-state index contributed by atoms with van der Waals surface area (Å²) in [6.07, 6.45) is 0. The predicted octanol–water partition coefficient (Wildman–Crippen LogP) is 0.764. The Balaban J connectivity index is 2.42. The largest absolute Gasteiger partial charge is 0.497 e. The topological polar surface area (TPSA) is 87.7 Å². The second-order valence-corrected chi connectivity index (χ2v) is 4.91. The van der Waals surface area contributed by atoms with Gasteiger partial charge < -0.3 is 15.2 Å². The number of carboxylic acids is 1. The van der Waals surface area contributed by atoms with E-state index in [-0.39, 0.29) is 12.5 Å². The van der Waals surface area contributed by atoms with Crippen LogP contribution in [0.1, 0.15) is 19.4 Å². The molecule has 1 rings (SSSR count). The molecule has 0 aliphatic rings. The first-order chi connectivity index (χ1) is 9.35. The number of rotatable bonds is 7. The Bertz CT molecular complexity index is 486. The van der Waals surface area contributed by atoms with Gasteiger partial charge in [-0.2, -0.15) is 0 Å². The second-order valence-electron chi connectivity index (χ2n) is 4.91. The van der Waals surface area contributed by atoms with E-state index in [1.54, 1.807) is 7.11 Å². The lowest BCUT2D eigenvalue weighted by atomic mass is 10.1. The molecule has 1 aromatic carbocycles. The highest BCUT2D eigenvalue weighted by Gasteiger charge is 2.26. The first kappa shape index (κ1) is 16.0. The Hall–Kier alpha value is -2.08. The van der Waals surface area contributed by atoms with E-state index < -0.39 is 11.5 Å². The molecule has 0 spiro atoms. The van der Waals surface area contributed by atoms with Gasteiger partial charge in [-0.15, -0.1) is 0 Å². The summed E-state index contributed by atoms with van der Waals surface area (Å²) in [5.41, 5.74) is -0.219. The highest BCUT2D eigenvalue weighted by Crippen LogP contribution is 2.12. The van der Waals surface area contributed by atoms with Crippen molar-refractivity contribution in [2.75, 3.05) is 13.7 Å². The SMILES string of the molecule is COc1cccc(CNC(=O)CNC(C)(C)C(=O)O)c1. The summed E-state index contributed by atoms with van der Waals surface area (Å²) in [6.45, 7) is 3.32. The molecule has 1 aromatic rings. The normalized spacial score (nSPS) is 10.9. The number of carbonyl (C=O) groups excluding carboxylic acids is 1. The quantitative estimate of drug-likeness (QED) is 0.686. The third kappa shape index (κ3) is 4.89. The minimum atomic E-state index is -1.13. The maximum Gasteiger partial charge on any atom is 0.323 e. The first-order valence-electron chi connectivity index (χ1n) is 6.23. The molecule has 0 radical (unpaired) electrons. The van der Waals surface area contributed by atoms with Crippen LogP contribution in [0.15, 0.2) is 24.3 Å². The van der Waals surface area contributed by atoms with Crippen molar-refractivity contribution >= 4 is 11.9 Å². The summed E-state index contributed by atoms with van der Waals surface area (Å²) in [5.74, 6) is -0.540. The van der Waals surface area contributed by atoms with Crippen LogP contribution in [-0.4, -0.2) is 36.2 Å². The molecule has 6 nitrogen and oxygen atoms in total. The third-order valence-electron chi connectivity index (χ3n) is 2.85. The second kappa shape index (κ2) is 6.91. The van der Waals surface area contributed by atoms with Crippen LogP contribution in [-0.2, 0) is 16.1 Å². The van der Waals surface area contributed by atoms with Gasteiger partial charge in [-0.05, 0) is 31.5 Å². The molecule has 1 amide bonds. The van der Waals surface area contributed by atoms with Crippen LogP contribution >= 0.6 is 0 Å². The number of hydrogen-bond donors (Lipinski definition) is 3. The fraction of sp³-hybridized carbons (Fsp3) is 0.429. The van der Waals surface area contributed by atoms with Crippen LogP contribution in [0, 0.1) is 0 Å². The number of hydrogen-bond acceptors (Lipinski definition) is 4. The van der Waals surface area contributed by atoms with Gasteiger partial charge >= 0.3 is 5.97 Å². The number of methoxy groups -OCH3 is 1. The molecule has 0 unspecified atom stereocenters. The van der Waals surface area contributed by atoms with E-state index in [2.05, 4.69) is 10.6 Å². The van der Waals surface area contributed by atoms with Crippen LogP contribution in [0.5, 0.6) is 5.75 Å². The van der Waals surface area contributed by atoms with E-state index in [4.69, 9.17) is 9.84 Å². The maximum atomic E-state index is 11.6. The summed E-state index contributed by atoms with van der Waals surface area (Å²) in [5, 5.41) is 14.3. The fourth-order valence-corrected chi connectivity index (χ4v) is 1.42. The van der Waals surface area contributed by atoms with Crippen LogP contribution < -0.4 is 15.4 Å². The number of ether oxygens (including phenoxy) is 1. The van der Waals surface area contributed by atoms with Gasteiger partial charge in [0.1, 0.15) is 11.3 Å². The first-order valence-corrected chi connectivity index (χ1v) is 6.23. The zero-order chi connectivity index (χ0) is 15.2. The van der Waals surface area contributed by atoms with Crippen LogP contribution in [0.2, 0.25) is 0 Å². The molecule has 3 N–H and O–H groups in total. The smallest absolute Gasteiger partial charge is 0.323 e. The van der Waals surface area contributed by atoms with E-state index in [0.717, 1.165) is 11.3 Å². The van der Waals surface area contributed by atoms with Crippen molar-refractivity contribution < 1.29 is 19.4 Å². The van der Waals surface area contributed by atoms with E-state index in [1.807, 2.05) is 24.3 Å². The number of carbonyl (C=O) groups is 2. The summed E-state index contributed by atoms with van der Waals surface area (Å²) in [7, 11) is 1.58. The minimum Gasteiger partial charge on any atom is -0.497 e. The average Bonchev–Trinajstić information content (AvgIpc) is 2.43.